The minimum atomic E-state index is -3.71. The monoisotopic (exact) mass is 293 g/mol. The molecule has 20 heavy (non-hydrogen) atoms. The molecule has 0 heterocycles. The third-order valence-corrected chi connectivity index (χ3v) is 4.57. The molecule has 0 saturated carbocycles. The normalized spacial score (nSPS) is 11.6. The first-order valence-corrected chi connectivity index (χ1v) is 7.68. The summed E-state index contributed by atoms with van der Waals surface area (Å²) in [6.07, 6.45) is 0. The van der Waals surface area contributed by atoms with E-state index in [1.54, 1.807) is 6.92 Å². The number of benzene rings is 2. The molecular formula is C15H16FNO2S. The van der Waals surface area contributed by atoms with Gasteiger partial charge < -0.3 is 0 Å². The van der Waals surface area contributed by atoms with Crippen LogP contribution >= 0.6 is 0 Å². The van der Waals surface area contributed by atoms with E-state index < -0.39 is 15.8 Å². The summed E-state index contributed by atoms with van der Waals surface area (Å²) < 4.78 is 40.0. The van der Waals surface area contributed by atoms with Gasteiger partial charge in [-0.05, 0) is 37.1 Å². The van der Waals surface area contributed by atoms with Crippen LogP contribution in [0.25, 0.3) is 0 Å². The van der Waals surface area contributed by atoms with Crippen LogP contribution in [0, 0.1) is 19.7 Å². The molecular weight excluding hydrogens is 277 g/mol. The summed E-state index contributed by atoms with van der Waals surface area (Å²) in [6, 6.07) is 11.3. The van der Waals surface area contributed by atoms with Gasteiger partial charge in [-0.25, -0.2) is 17.5 Å². The second-order valence-corrected chi connectivity index (χ2v) is 6.46. The van der Waals surface area contributed by atoms with Crippen molar-refractivity contribution in [2.75, 3.05) is 0 Å². The highest BCUT2D eigenvalue weighted by molar-refractivity contribution is 7.89. The first-order valence-electron chi connectivity index (χ1n) is 6.20. The van der Waals surface area contributed by atoms with Crippen molar-refractivity contribution in [2.45, 2.75) is 25.3 Å². The number of hydrogen-bond donors (Lipinski definition) is 1. The Bertz CT molecular complexity index is 709. The van der Waals surface area contributed by atoms with Crippen molar-refractivity contribution in [3.8, 4) is 0 Å². The Balaban J connectivity index is 2.19. The lowest BCUT2D eigenvalue weighted by Crippen LogP contribution is -2.24. The molecule has 3 nitrogen and oxygen atoms in total. The zero-order valence-electron chi connectivity index (χ0n) is 11.4. The highest BCUT2D eigenvalue weighted by Crippen LogP contribution is 2.16. The maximum absolute atomic E-state index is 13.2. The van der Waals surface area contributed by atoms with Crippen molar-refractivity contribution >= 4 is 10.0 Å². The Morgan fingerprint density at radius 2 is 1.70 bits per heavy atom. The van der Waals surface area contributed by atoms with Gasteiger partial charge in [-0.1, -0.05) is 35.9 Å². The molecule has 0 aliphatic carbocycles. The fraction of sp³-hybridized carbons (Fsp3) is 0.200. The Hall–Kier alpha value is -1.72. The van der Waals surface area contributed by atoms with Crippen LogP contribution in [0.2, 0.25) is 0 Å². The van der Waals surface area contributed by atoms with E-state index in [0.717, 1.165) is 17.2 Å². The van der Waals surface area contributed by atoms with Gasteiger partial charge in [0.25, 0.3) is 0 Å². The van der Waals surface area contributed by atoms with E-state index in [0.29, 0.717) is 5.56 Å². The number of nitrogens with one attached hydrogen (secondary N) is 1. The van der Waals surface area contributed by atoms with E-state index >= 15 is 0 Å². The van der Waals surface area contributed by atoms with Gasteiger partial charge in [-0.2, -0.15) is 0 Å². The second kappa shape index (κ2) is 5.73. The summed E-state index contributed by atoms with van der Waals surface area (Å²) in [5, 5.41) is 0. The fourth-order valence-corrected chi connectivity index (χ4v) is 3.10. The van der Waals surface area contributed by atoms with Crippen LogP contribution in [-0.4, -0.2) is 8.42 Å². The van der Waals surface area contributed by atoms with Crippen molar-refractivity contribution in [1.82, 2.24) is 4.72 Å². The van der Waals surface area contributed by atoms with Crippen LogP contribution in [0.15, 0.2) is 47.4 Å². The van der Waals surface area contributed by atoms with Gasteiger partial charge in [0.2, 0.25) is 10.0 Å². The number of hydrogen-bond acceptors (Lipinski definition) is 2. The second-order valence-electron chi connectivity index (χ2n) is 4.72. The van der Waals surface area contributed by atoms with Crippen LogP contribution in [-0.2, 0) is 16.6 Å². The zero-order valence-corrected chi connectivity index (χ0v) is 12.2. The summed E-state index contributed by atoms with van der Waals surface area (Å²) in [4.78, 5) is -0.0235. The van der Waals surface area contributed by atoms with Crippen LogP contribution in [0.5, 0.6) is 0 Å². The van der Waals surface area contributed by atoms with E-state index in [-0.39, 0.29) is 11.4 Å². The predicted molar refractivity (Wildman–Crippen MR) is 76.3 cm³/mol. The highest BCUT2D eigenvalue weighted by Gasteiger charge is 2.17. The number of aryl methyl sites for hydroxylation is 2. The van der Waals surface area contributed by atoms with Gasteiger partial charge in [0, 0.05) is 6.54 Å². The van der Waals surface area contributed by atoms with Gasteiger partial charge in [0.05, 0.1) is 4.90 Å². The smallest absolute Gasteiger partial charge is 0.207 e. The molecule has 0 bridgehead atoms. The Kier molecular flexibility index (Phi) is 4.20. The maximum atomic E-state index is 13.2. The number of halogens is 1. The largest absolute Gasteiger partial charge is 0.241 e. The quantitative estimate of drug-likeness (QED) is 0.942. The topological polar surface area (TPSA) is 46.2 Å². The van der Waals surface area contributed by atoms with Crippen molar-refractivity contribution in [1.29, 1.82) is 0 Å². The Labute approximate surface area is 118 Å². The van der Waals surface area contributed by atoms with Gasteiger partial charge in [-0.15, -0.1) is 0 Å². The minimum Gasteiger partial charge on any atom is -0.207 e. The van der Waals surface area contributed by atoms with E-state index in [1.807, 2.05) is 31.2 Å². The van der Waals surface area contributed by atoms with Crippen molar-refractivity contribution in [2.24, 2.45) is 0 Å². The first kappa shape index (κ1) is 14.7. The van der Waals surface area contributed by atoms with E-state index in [1.165, 1.54) is 12.1 Å². The van der Waals surface area contributed by atoms with E-state index in [9.17, 15) is 12.8 Å². The highest BCUT2D eigenvalue weighted by atomic mass is 32.2. The summed E-state index contributed by atoms with van der Waals surface area (Å²) in [5.41, 5.74) is 2.48. The molecule has 0 saturated heterocycles. The lowest BCUT2D eigenvalue weighted by molar-refractivity contribution is 0.576. The summed E-state index contributed by atoms with van der Waals surface area (Å²) in [6.45, 7) is 3.78. The third kappa shape index (κ3) is 3.43. The molecule has 0 amide bonds. The molecule has 2 aromatic carbocycles. The zero-order chi connectivity index (χ0) is 14.8. The summed E-state index contributed by atoms with van der Waals surface area (Å²) in [5.74, 6) is -0.564. The van der Waals surface area contributed by atoms with Crippen LogP contribution in [0.3, 0.4) is 0 Å². The van der Waals surface area contributed by atoms with Crippen molar-refractivity contribution < 1.29 is 12.8 Å². The van der Waals surface area contributed by atoms with Crippen molar-refractivity contribution in [3.63, 3.8) is 0 Å². The molecule has 0 radical (unpaired) electrons. The standard InChI is InChI=1S/C15H16FNO2S/c1-11-3-6-13(7-4-11)10-17-20(18,19)15-9-14(16)8-5-12(15)2/h3-9,17H,10H2,1-2H3. The van der Waals surface area contributed by atoms with Crippen LogP contribution in [0.4, 0.5) is 4.39 Å². The number of sulfonamides is 1. The fourth-order valence-electron chi connectivity index (χ4n) is 1.83. The molecule has 106 valence electrons. The molecule has 2 rings (SSSR count). The molecule has 1 N–H and O–H groups in total. The van der Waals surface area contributed by atoms with Gasteiger partial charge in [-0.3, -0.25) is 0 Å². The lowest BCUT2D eigenvalue weighted by atomic mass is 10.2. The molecule has 0 aliphatic heterocycles. The minimum absolute atomic E-state index is 0.0235. The predicted octanol–water partition coefficient (Wildman–Crippen LogP) is 2.92. The van der Waals surface area contributed by atoms with Crippen molar-refractivity contribution in [3.05, 3.63) is 65.0 Å². The molecule has 0 spiro atoms. The average molecular weight is 293 g/mol. The maximum Gasteiger partial charge on any atom is 0.241 e. The van der Waals surface area contributed by atoms with Gasteiger partial charge in [0.1, 0.15) is 5.82 Å². The lowest BCUT2D eigenvalue weighted by Gasteiger charge is -2.09. The molecule has 2 aromatic rings. The first-order chi connectivity index (χ1) is 9.38. The molecule has 0 atom stereocenters. The van der Waals surface area contributed by atoms with E-state index in [4.69, 9.17) is 0 Å². The molecule has 0 aromatic heterocycles. The summed E-state index contributed by atoms with van der Waals surface area (Å²) >= 11 is 0. The van der Waals surface area contributed by atoms with Gasteiger partial charge in [0.15, 0.2) is 0 Å². The molecule has 0 unspecified atom stereocenters. The number of rotatable bonds is 4. The molecule has 0 aliphatic rings. The van der Waals surface area contributed by atoms with Gasteiger partial charge >= 0.3 is 0 Å². The average Bonchev–Trinajstić information content (AvgIpc) is 2.41. The van der Waals surface area contributed by atoms with Crippen LogP contribution in [0.1, 0.15) is 16.7 Å². The SMILES string of the molecule is Cc1ccc(CNS(=O)(=O)c2cc(F)ccc2C)cc1. The Morgan fingerprint density at radius 3 is 2.35 bits per heavy atom. The summed E-state index contributed by atoms with van der Waals surface area (Å²) in [7, 11) is -3.71. The Morgan fingerprint density at radius 1 is 1.05 bits per heavy atom. The molecule has 5 heteroatoms. The third-order valence-electron chi connectivity index (χ3n) is 3.03. The van der Waals surface area contributed by atoms with E-state index in [2.05, 4.69) is 4.72 Å². The van der Waals surface area contributed by atoms with Crippen LogP contribution < -0.4 is 4.72 Å². The molecule has 0 fully saturated rings.